The van der Waals surface area contributed by atoms with Crippen LogP contribution in [0.15, 0.2) is 131 Å². The molecule has 0 N–H and O–H groups in total. The van der Waals surface area contributed by atoms with E-state index in [1.807, 2.05) is 0 Å². The van der Waals surface area contributed by atoms with Gasteiger partial charge in [0, 0.05) is 20.9 Å². The van der Waals surface area contributed by atoms with Crippen LogP contribution in [-0.2, 0) is 5.41 Å². The minimum atomic E-state index is -0.282. The number of hydrogen-bond acceptors (Lipinski definition) is 0. The Bertz CT molecular complexity index is 2030. The van der Waals surface area contributed by atoms with Gasteiger partial charge in [-0.3, -0.25) is 0 Å². The van der Waals surface area contributed by atoms with Crippen molar-refractivity contribution in [2.24, 2.45) is 0 Å². The molecule has 0 fully saturated rings. The Morgan fingerprint density at radius 2 is 1.36 bits per heavy atom. The van der Waals surface area contributed by atoms with E-state index >= 15 is 0 Å². The molecule has 1 heterocycles. The fraction of sp³-hybridized carbons (Fsp3) is 0.0811. The first-order valence-corrected chi connectivity index (χ1v) is 14.5. The normalized spacial score (nSPS) is 16.1. The van der Waals surface area contributed by atoms with Gasteiger partial charge in [-0.1, -0.05) is 101 Å². The standard InChI is InChI=1S/C37H24BrN/c38-23-18-20-33-28(22-23)36-34(39(33)24-10-2-1-3-11-24)21-19-32-35(36)27-14-6-9-17-31(27)37(32)29-15-7-4-12-25(29)26-13-5-8-16-30(26)37/h1-5,7-13,15-22H,6,14H2. The van der Waals surface area contributed by atoms with Gasteiger partial charge in [0.25, 0.3) is 0 Å². The zero-order valence-electron chi connectivity index (χ0n) is 21.3. The maximum absolute atomic E-state index is 3.80. The summed E-state index contributed by atoms with van der Waals surface area (Å²) in [7, 11) is 0. The zero-order chi connectivity index (χ0) is 25.7. The minimum absolute atomic E-state index is 0.282. The van der Waals surface area contributed by atoms with Crippen LogP contribution in [0.4, 0.5) is 0 Å². The highest BCUT2D eigenvalue weighted by molar-refractivity contribution is 9.10. The molecular weight excluding hydrogens is 538 g/mol. The van der Waals surface area contributed by atoms with Crippen molar-refractivity contribution in [1.82, 2.24) is 4.57 Å². The van der Waals surface area contributed by atoms with Gasteiger partial charge in [-0.15, -0.1) is 0 Å². The Morgan fingerprint density at radius 1 is 0.667 bits per heavy atom. The number of para-hydroxylation sites is 1. The van der Waals surface area contributed by atoms with E-state index in [0.717, 1.165) is 17.3 Å². The highest BCUT2D eigenvalue weighted by Gasteiger charge is 2.52. The van der Waals surface area contributed by atoms with E-state index in [4.69, 9.17) is 0 Å². The molecule has 0 saturated heterocycles. The van der Waals surface area contributed by atoms with Crippen molar-refractivity contribution in [1.29, 1.82) is 0 Å². The molecule has 1 spiro atoms. The van der Waals surface area contributed by atoms with Gasteiger partial charge in [0.2, 0.25) is 0 Å². The monoisotopic (exact) mass is 561 g/mol. The summed E-state index contributed by atoms with van der Waals surface area (Å²) in [6, 6.07) is 40.5. The molecule has 6 aromatic rings. The van der Waals surface area contributed by atoms with Gasteiger partial charge in [0.05, 0.1) is 16.4 Å². The molecule has 3 aliphatic carbocycles. The van der Waals surface area contributed by atoms with Crippen molar-refractivity contribution in [2.45, 2.75) is 18.3 Å². The van der Waals surface area contributed by atoms with Crippen LogP contribution in [-0.4, -0.2) is 4.57 Å². The van der Waals surface area contributed by atoms with E-state index in [9.17, 15) is 0 Å². The second-order valence-corrected chi connectivity index (χ2v) is 11.8. The van der Waals surface area contributed by atoms with Crippen LogP contribution in [0.2, 0.25) is 0 Å². The maximum atomic E-state index is 3.80. The minimum Gasteiger partial charge on any atom is -0.309 e. The van der Waals surface area contributed by atoms with Crippen LogP contribution in [0.3, 0.4) is 0 Å². The van der Waals surface area contributed by atoms with Crippen molar-refractivity contribution >= 4 is 43.3 Å². The molecule has 0 saturated carbocycles. The number of aromatic nitrogens is 1. The second-order valence-electron chi connectivity index (χ2n) is 10.9. The van der Waals surface area contributed by atoms with Gasteiger partial charge in [0.1, 0.15) is 0 Å². The third kappa shape index (κ3) is 2.61. The average molecular weight is 563 g/mol. The number of halogens is 1. The van der Waals surface area contributed by atoms with Crippen molar-refractivity contribution < 1.29 is 0 Å². The molecule has 0 radical (unpaired) electrons. The second kappa shape index (κ2) is 7.71. The van der Waals surface area contributed by atoms with Crippen molar-refractivity contribution in [3.05, 3.63) is 154 Å². The fourth-order valence-electron chi connectivity index (χ4n) is 7.80. The van der Waals surface area contributed by atoms with Crippen LogP contribution in [0.5, 0.6) is 0 Å². The summed E-state index contributed by atoms with van der Waals surface area (Å²) in [4.78, 5) is 0. The van der Waals surface area contributed by atoms with E-state index in [0.29, 0.717) is 0 Å². The zero-order valence-corrected chi connectivity index (χ0v) is 22.9. The SMILES string of the molecule is Brc1ccc2c(c1)c1c3c(ccc1n2-c1ccccc1)C1(C2=C3CCC=C2)c2ccccc2-c2ccccc21. The molecule has 2 heteroatoms. The Balaban J connectivity index is 1.50. The lowest BCUT2D eigenvalue weighted by Gasteiger charge is -2.32. The van der Waals surface area contributed by atoms with E-state index in [1.54, 1.807) is 0 Å². The first-order chi connectivity index (χ1) is 19.3. The summed E-state index contributed by atoms with van der Waals surface area (Å²) < 4.78 is 3.55. The van der Waals surface area contributed by atoms with E-state index in [-0.39, 0.29) is 5.41 Å². The van der Waals surface area contributed by atoms with Crippen LogP contribution in [0.1, 0.15) is 35.1 Å². The number of benzene rings is 5. The molecule has 0 unspecified atom stereocenters. The molecule has 1 nitrogen and oxygen atoms in total. The summed E-state index contributed by atoms with van der Waals surface area (Å²) in [5.74, 6) is 0. The molecule has 0 atom stereocenters. The van der Waals surface area contributed by atoms with Crippen LogP contribution < -0.4 is 0 Å². The summed E-state index contributed by atoms with van der Waals surface area (Å²) in [6.07, 6.45) is 6.97. The van der Waals surface area contributed by atoms with Gasteiger partial charge in [-0.05, 0) is 93.8 Å². The molecular formula is C37H24BrN. The predicted molar refractivity (Wildman–Crippen MR) is 166 cm³/mol. The molecule has 3 aliphatic rings. The van der Waals surface area contributed by atoms with Gasteiger partial charge in [0.15, 0.2) is 0 Å². The molecule has 0 aliphatic heterocycles. The molecule has 184 valence electrons. The third-order valence-corrected chi connectivity index (χ3v) is 9.63. The highest BCUT2D eigenvalue weighted by atomic mass is 79.9. The smallest absolute Gasteiger partial charge is 0.0722 e. The lowest BCUT2D eigenvalue weighted by molar-refractivity contribution is 0.781. The quantitative estimate of drug-likeness (QED) is 0.188. The number of nitrogens with zero attached hydrogens (tertiary/aromatic N) is 1. The van der Waals surface area contributed by atoms with Crippen molar-refractivity contribution in [2.75, 3.05) is 0 Å². The first-order valence-electron chi connectivity index (χ1n) is 13.7. The third-order valence-electron chi connectivity index (χ3n) is 9.14. The molecule has 9 rings (SSSR count). The van der Waals surface area contributed by atoms with Crippen molar-refractivity contribution in [3.8, 4) is 16.8 Å². The Hall–Kier alpha value is -4.14. The maximum Gasteiger partial charge on any atom is 0.0722 e. The topological polar surface area (TPSA) is 4.93 Å². The molecule has 0 bridgehead atoms. The van der Waals surface area contributed by atoms with Gasteiger partial charge >= 0.3 is 0 Å². The summed E-state index contributed by atoms with van der Waals surface area (Å²) in [5, 5.41) is 2.67. The van der Waals surface area contributed by atoms with Crippen LogP contribution in [0, 0.1) is 0 Å². The largest absolute Gasteiger partial charge is 0.309 e. The van der Waals surface area contributed by atoms with Gasteiger partial charge in [-0.2, -0.15) is 0 Å². The van der Waals surface area contributed by atoms with Gasteiger partial charge in [-0.25, -0.2) is 0 Å². The summed E-state index contributed by atoms with van der Waals surface area (Å²) >= 11 is 3.80. The average Bonchev–Trinajstić information content (AvgIpc) is 3.59. The summed E-state index contributed by atoms with van der Waals surface area (Å²) in [5.41, 5.74) is 14.8. The number of hydrogen-bond donors (Lipinski definition) is 0. The Labute approximate surface area is 235 Å². The molecule has 0 amide bonds. The highest BCUT2D eigenvalue weighted by Crippen LogP contribution is 2.64. The van der Waals surface area contributed by atoms with E-state index < -0.39 is 0 Å². The Kier molecular flexibility index (Phi) is 4.30. The summed E-state index contributed by atoms with van der Waals surface area (Å²) in [6.45, 7) is 0. The lowest BCUT2D eigenvalue weighted by Crippen LogP contribution is -2.27. The predicted octanol–water partition coefficient (Wildman–Crippen LogP) is 9.98. The van der Waals surface area contributed by atoms with E-state index in [1.165, 1.54) is 72.0 Å². The van der Waals surface area contributed by atoms with Gasteiger partial charge < -0.3 is 4.57 Å². The fourth-order valence-corrected chi connectivity index (χ4v) is 8.16. The Morgan fingerprint density at radius 3 is 2.13 bits per heavy atom. The molecule has 5 aromatic carbocycles. The van der Waals surface area contributed by atoms with Crippen LogP contribution >= 0.6 is 15.9 Å². The van der Waals surface area contributed by atoms with Crippen molar-refractivity contribution in [3.63, 3.8) is 0 Å². The first kappa shape index (κ1) is 21.8. The number of rotatable bonds is 1. The lowest BCUT2D eigenvalue weighted by atomic mass is 9.69. The number of allylic oxidation sites excluding steroid dienone is 4. The number of fused-ring (bicyclic) bond motifs is 13. The molecule has 1 aromatic heterocycles. The molecule has 39 heavy (non-hydrogen) atoms. The van der Waals surface area contributed by atoms with Crippen LogP contribution in [0.25, 0.3) is 44.2 Å². The van der Waals surface area contributed by atoms with E-state index in [2.05, 4.69) is 142 Å².